The predicted molar refractivity (Wildman–Crippen MR) is 96.6 cm³/mol. The third-order valence-corrected chi connectivity index (χ3v) is 5.43. The molecule has 2 amide bonds. The van der Waals surface area contributed by atoms with Gasteiger partial charge in [-0.2, -0.15) is 0 Å². The van der Waals surface area contributed by atoms with Crippen LogP contribution in [0.25, 0.3) is 10.8 Å². The maximum atomic E-state index is 12.7. The van der Waals surface area contributed by atoms with Crippen LogP contribution in [0, 0.1) is 5.41 Å². The van der Waals surface area contributed by atoms with E-state index in [9.17, 15) is 9.59 Å². The minimum Gasteiger partial charge on any atom is -0.497 e. The van der Waals surface area contributed by atoms with Crippen molar-refractivity contribution in [1.82, 2.24) is 4.90 Å². The van der Waals surface area contributed by atoms with E-state index in [2.05, 4.69) is 6.07 Å². The van der Waals surface area contributed by atoms with Gasteiger partial charge in [-0.1, -0.05) is 18.2 Å². The van der Waals surface area contributed by atoms with Gasteiger partial charge in [0.25, 0.3) is 0 Å². The molecule has 0 radical (unpaired) electrons. The predicted octanol–water partition coefficient (Wildman–Crippen LogP) is 2.01. The first-order valence-electron chi connectivity index (χ1n) is 8.82. The number of hydrogen-bond donors (Lipinski definition) is 1. The highest BCUT2D eigenvalue weighted by molar-refractivity contribution is 6.07. The Morgan fingerprint density at radius 3 is 2.62 bits per heavy atom. The van der Waals surface area contributed by atoms with Crippen molar-refractivity contribution in [2.75, 3.05) is 26.8 Å². The Labute approximate surface area is 151 Å². The highest BCUT2D eigenvalue weighted by Gasteiger charge is 2.57. The Balaban J connectivity index is 1.55. The van der Waals surface area contributed by atoms with Gasteiger partial charge in [0, 0.05) is 6.54 Å². The van der Waals surface area contributed by atoms with Gasteiger partial charge in [-0.25, -0.2) is 0 Å². The van der Waals surface area contributed by atoms with Crippen molar-refractivity contribution in [3.05, 3.63) is 42.0 Å². The van der Waals surface area contributed by atoms with Crippen LogP contribution in [-0.4, -0.2) is 43.5 Å². The zero-order chi connectivity index (χ0) is 18.3. The lowest BCUT2D eigenvalue weighted by atomic mass is 10.0. The Morgan fingerprint density at radius 1 is 1.19 bits per heavy atom. The van der Waals surface area contributed by atoms with Crippen molar-refractivity contribution < 1.29 is 19.1 Å². The number of nitrogens with zero attached hydrogens (tertiary/aromatic N) is 1. The number of hydrogen-bond acceptors (Lipinski definition) is 4. The molecule has 136 valence electrons. The van der Waals surface area contributed by atoms with E-state index in [1.165, 1.54) is 0 Å². The molecule has 6 nitrogen and oxygen atoms in total. The normalized spacial score (nSPS) is 21.4. The molecule has 2 fully saturated rings. The maximum Gasteiger partial charge on any atom is 0.238 e. The van der Waals surface area contributed by atoms with Crippen molar-refractivity contribution in [3.63, 3.8) is 0 Å². The van der Waals surface area contributed by atoms with E-state index in [4.69, 9.17) is 15.2 Å². The summed E-state index contributed by atoms with van der Waals surface area (Å²) in [6, 6.07) is 12.0. The van der Waals surface area contributed by atoms with Gasteiger partial charge in [0.05, 0.1) is 20.3 Å². The number of methoxy groups -OCH3 is 1. The molecule has 1 saturated carbocycles. The number of rotatable bonds is 4. The van der Waals surface area contributed by atoms with Gasteiger partial charge in [0.2, 0.25) is 11.8 Å². The highest BCUT2D eigenvalue weighted by Crippen LogP contribution is 2.47. The molecule has 6 heteroatoms. The molecule has 1 aliphatic heterocycles. The number of amides is 2. The number of benzene rings is 2. The number of fused-ring (bicyclic) bond motifs is 1. The molecule has 1 unspecified atom stereocenters. The number of primary amides is 1. The van der Waals surface area contributed by atoms with Crippen LogP contribution in [0.1, 0.15) is 24.5 Å². The van der Waals surface area contributed by atoms with Gasteiger partial charge in [0.15, 0.2) is 0 Å². The monoisotopic (exact) mass is 354 g/mol. The van der Waals surface area contributed by atoms with E-state index in [0.717, 1.165) is 22.1 Å². The summed E-state index contributed by atoms with van der Waals surface area (Å²) in [5.41, 5.74) is 5.49. The van der Waals surface area contributed by atoms with Crippen LogP contribution >= 0.6 is 0 Å². The molecule has 1 aliphatic carbocycles. The second-order valence-corrected chi connectivity index (χ2v) is 7.03. The van der Waals surface area contributed by atoms with Crippen LogP contribution in [-0.2, 0) is 14.3 Å². The van der Waals surface area contributed by atoms with Gasteiger partial charge in [-0.3, -0.25) is 9.59 Å². The average Bonchev–Trinajstić information content (AvgIpc) is 3.49. The van der Waals surface area contributed by atoms with Crippen molar-refractivity contribution in [1.29, 1.82) is 0 Å². The minimum absolute atomic E-state index is 0.149. The fourth-order valence-electron chi connectivity index (χ4n) is 3.60. The van der Waals surface area contributed by atoms with Crippen LogP contribution in [0.15, 0.2) is 36.4 Å². The van der Waals surface area contributed by atoms with Gasteiger partial charge >= 0.3 is 0 Å². The first-order chi connectivity index (χ1) is 12.5. The number of carbonyl (C=O) groups is 2. The number of ether oxygens (including phenoxy) is 2. The van der Waals surface area contributed by atoms with Gasteiger partial charge < -0.3 is 20.1 Å². The topological polar surface area (TPSA) is 81.9 Å². The van der Waals surface area contributed by atoms with Gasteiger partial charge in [-0.05, 0) is 47.4 Å². The summed E-state index contributed by atoms with van der Waals surface area (Å²) in [5.74, 6) is 0.158. The largest absolute Gasteiger partial charge is 0.497 e. The van der Waals surface area contributed by atoms with E-state index in [1.807, 2.05) is 30.3 Å². The smallest absolute Gasteiger partial charge is 0.238 e. The molecule has 4 rings (SSSR count). The van der Waals surface area contributed by atoms with E-state index < -0.39 is 11.3 Å². The molecule has 26 heavy (non-hydrogen) atoms. The Bertz CT molecular complexity index is 875. The quantitative estimate of drug-likeness (QED) is 0.852. The molecule has 1 saturated heterocycles. The molecule has 0 bridgehead atoms. The standard InChI is InChI=1S/C20H22N2O4/c1-25-16-5-4-13-10-15(3-2-14(13)11-16)17-12-22(8-9-26-17)19(24)20(6-7-20)18(21)23/h2-5,10-11,17H,6-9,12H2,1H3,(H2,21,23). The number of morpholine rings is 1. The van der Waals surface area contributed by atoms with Crippen LogP contribution in [0.3, 0.4) is 0 Å². The molecule has 0 spiro atoms. The maximum absolute atomic E-state index is 12.7. The molecule has 2 aromatic rings. The fourth-order valence-corrected chi connectivity index (χ4v) is 3.60. The first kappa shape index (κ1) is 16.8. The number of nitrogens with two attached hydrogens (primary N) is 1. The SMILES string of the molecule is COc1ccc2cc(C3CN(C(=O)C4(C(N)=O)CC4)CCO3)ccc2c1. The molecule has 2 aliphatic rings. The zero-order valence-corrected chi connectivity index (χ0v) is 14.7. The molecule has 1 atom stereocenters. The molecular weight excluding hydrogens is 332 g/mol. The Hall–Kier alpha value is -2.60. The second kappa shape index (κ2) is 6.29. The third-order valence-electron chi connectivity index (χ3n) is 5.43. The summed E-state index contributed by atoms with van der Waals surface area (Å²) in [6.45, 7) is 1.39. The molecule has 0 aromatic heterocycles. The van der Waals surface area contributed by atoms with Crippen molar-refractivity contribution >= 4 is 22.6 Å². The lowest BCUT2D eigenvalue weighted by Crippen LogP contribution is -2.48. The van der Waals surface area contributed by atoms with E-state index in [-0.39, 0.29) is 12.0 Å². The van der Waals surface area contributed by atoms with E-state index in [1.54, 1.807) is 12.0 Å². The van der Waals surface area contributed by atoms with Crippen molar-refractivity contribution in [2.45, 2.75) is 18.9 Å². The summed E-state index contributed by atoms with van der Waals surface area (Å²) in [7, 11) is 1.65. The van der Waals surface area contributed by atoms with Gasteiger partial charge in [0.1, 0.15) is 17.3 Å². The first-order valence-corrected chi connectivity index (χ1v) is 8.82. The molecule has 2 aromatic carbocycles. The molecule has 2 N–H and O–H groups in total. The molecule has 1 heterocycles. The summed E-state index contributed by atoms with van der Waals surface area (Å²) in [6.07, 6.45) is 0.907. The lowest BCUT2D eigenvalue weighted by molar-refractivity contribution is -0.149. The summed E-state index contributed by atoms with van der Waals surface area (Å²) < 4.78 is 11.2. The molecular formula is C20H22N2O4. The van der Waals surface area contributed by atoms with Gasteiger partial charge in [-0.15, -0.1) is 0 Å². The van der Waals surface area contributed by atoms with Crippen LogP contribution in [0.4, 0.5) is 0 Å². The summed E-state index contributed by atoms with van der Waals surface area (Å²) >= 11 is 0. The van der Waals surface area contributed by atoms with Crippen LogP contribution < -0.4 is 10.5 Å². The van der Waals surface area contributed by atoms with Crippen LogP contribution in [0.2, 0.25) is 0 Å². The van der Waals surface area contributed by atoms with Crippen LogP contribution in [0.5, 0.6) is 5.75 Å². The Kier molecular flexibility index (Phi) is 4.07. The van der Waals surface area contributed by atoms with Crippen molar-refractivity contribution in [2.24, 2.45) is 11.1 Å². The highest BCUT2D eigenvalue weighted by atomic mass is 16.5. The third kappa shape index (κ3) is 2.80. The summed E-state index contributed by atoms with van der Waals surface area (Å²) in [4.78, 5) is 26.1. The van der Waals surface area contributed by atoms with E-state index >= 15 is 0 Å². The average molecular weight is 354 g/mol. The van der Waals surface area contributed by atoms with E-state index in [0.29, 0.717) is 32.5 Å². The lowest BCUT2D eigenvalue weighted by Gasteiger charge is -2.35. The summed E-state index contributed by atoms with van der Waals surface area (Å²) in [5, 5.41) is 2.17. The second-order valence-electron chi connectivity index (χ2n) is 7.03. The zero-order valence-electron chi connectivity index (χ0n) is 14.7. The number of carbonyl (C=O) groups excluding carboxylic acids is 2. The van der Waals surface area contributed by atoms with Crippen molar-refractivity contribution in [3.8, 4) is 5.75 Å². The fraction of sp³-hybridized carbons (Fsp3) is 0.400. The Morgan fingerprint density at radius 2 is 1.92 bits per heavy atom. The minimum atomic E-state index is -0.970.